The quantitative estimate of drug-likeness (QED) is 0.812. The summed E-state index contributed by atoms with van der Waals surface area (Å²) < 4.78 is 0. The Kier molecular flexibility index (Phi) is 3.74. The van der Waals surface area contributed by atoms with Crippen LogP contribution in [0.2, 0.25) is 0 Å². The van der Waals surface area contributed by atoms with E-state index in [1.54, 1.807) is 18.2 Å². The van der Waals surface area contributed by atoms with E-state index in [-0.39, 0.29) is 17.3 Å². The van der Waals surface area contributed by atoms with Gasteiger partial charge in [0.1, 0.15) is 0 Å². The Bertz CT molecular complexity index is 723. The normalized spacial score (nSPS) is 16.9. The number of hydrogen-bond acceptors (Lipinski definition) is 4. The van der Waals surface area contributed by atoms with Gasteiger partial charge in [0.05, 0.1) is 5.69 Å². The topological polar surface area (TPSA) is 46.6 Å². The maximum Gasteiger partial charge on any atom is 0.197 e. The summed E-state index contributed by atoms with van der Waals surface area (Å²) in [6.07, 6.45) is 1.57. The predicted molar refractivity (Wildman–Crippen MR) is 83.3 cm³/mol. The zero-order valence-electron chi connectivity index (χ0n) is 12.1. The van der Waals surface area contributed by atoms with Crippen LogP contribution in [0.25, 0.3) is 0 Å². The first-order chi connectivity index (χ1) is 10.7. The standard InChI is InChI=1S/C18H15NO3/c1-13(20)17-12-16(18(21)14-8-4-2-5-9-14)19(22-17)15-10-6-3-7-11-15/h2-12,16H,1H3. The number of rotatable bonds is 4. The summed E-state index contributed by atoms with van der Waals surface area (Å²) >= 11 is 0. The lowest BCUT2D eigenvalue weighted by molar-refractivity contribution is -0.116. The highest BCUT2D eigenvalue weighted by Crippen LogP contribution is 2.28. The largest absolute Gasteiger partial charge is 0.375 e. The first-order valence-corrected chi connectivity index (χ1v) is 7.01. The van der Waals surface area contributed by atoms with Gasteiger partial charge in [-0.1, -0.05) is 48.5 Å². The average Bonchev–Trinajstić information content (AvgIpc) is 3.01. The molecule has 0 N–H and O–H groups in total. The second-order valence-corrected chi connectivity index (χ2v) is 5.01. The van der Waals surface area contributed by atoms with Crippen LogP contribution in [0, 0.1) is 0 Å². The van der Waals surface area contributed by atoms with Gasteiger partial charge < -0.3 is 4.84 Å². The monoisotopic (exact) mass is 293 g/mol. The number of hydroxylamine groups is 1. The van der Waals surface area contributed by atoms with Crippen LogP contribution in [-0.2, 0) is 9.63 Å². The van der Waals surface area contributed by atoms with E-state index in [2.05, 4.69) is 0 Å². The SMILES string of the molecule is CC(=O)C1=CC(C(=O)c2ccccc2)N(c2ccccc2)O1. The number of carbonyl (C=O) groups excluding carboxylic acids is 2. The lowest BCUT2D eigenvalue weighted by Gasteiger charge is -2.24. The van der Waals surface area contributed by atoms with Crippen molar-refractivity contribution in [1.82, 2.24) is 0 Å². The predicted octanol–water partition coefficient (Wildman–Crippen LogP) is 3.16. The third-order valence-electron chi connectivity index (χ3n) is 3.44. The van der Waals surface area contributed by atoms with Crippen LogP contribution in [0.3, 0.4) is 0 Å². The summed E-state index contributed by atoms with van der Waals surface area (Å²) in [6, 6.07) is 17.6. The molecule has 0 aromatic heterocycles. The van der Waals surface area contributed by atoms with Crippen molar-refractivity contribution in [3.63, 3.8) is 0 Å². The molecule has 0 amide bonds. The molecule has 0 bridgehead atoms. The van der Waals surface area contributed by atoms with Gasteiger partial charge in [-0.25, -0.2) is 0 Å². The highest BCUT2D eigenvalue weighted by molar-refractivity contribution is 6.05. The molecule has 1 atom stereocenters. The molecule has 0 radical (unpaired) electrons. The van der Waals surface area contributed by atoms with Gasteiger partial charge in [0.2, 0.25) is 0 Å². The fourth-order valence-electron chi connectivity index (χ4n) is 2.33. The molecule has 1 heterocycles. The van der Waals surface area contributed by atoms with Gasteiger partial charge in [-0.15, -0.1) is 0 Å². The fraction of sp³-hybridized carbons (Fsp3) is 0.111. The molecule has 22 heavy (non-hydrogen) atoms. The van der Waals surface area contributed by atoms with Gasteiger partial charge in [-0.3, -0.25) is 9.59 Å². The number of carbonyl (C=O) groups is 2. The van der Waals surface area contributed by atoms with Gasteiger partial charge in [0.25, 0.3) is 0 Å². The van der Waals surface area contributed by atoms with Crippen molar-refractivity contribution in [2.75, 3.05) is 5.06 Å². The van der Waals surface area contributed by atoms with Gasteiger partial charge >= 0.3 is 0 Å². The van der Waals surface area contributed by atoms with Crippen LogP contribution in [-0.4, -0.2) is 17.6 Å². The number of allylic oxidation sites excluding steroid dienone is 1. The number of anilines is 1. The number of benzene rings is 2. The third-order valence-corrected chi connectivity index (χ3v) is 3.44. The van der Waals surface area contributed by atoms with Gasteiger partial charge in [0.15, 0.2) is 23.4 Å². The Balaban J connectivity index is 1.97. The minimum atomic E-state index is -0.649. The molecule has 110 valence electrons. The van der Waals surface area contributed by atoms with Crippen LogP contribution in [0.5, 0.6) is 0 Å². The van der Waals surface area contributed by atoms with E-state index in [9.17, 15) is 9.59 Å². The molecule has 1 unspecified atom stereocenters. The van der Waals surface area contributed by atoms with E-state index in [0.29, 0.717) is 5.56 Å². The Labute approximate surface area is 128 Å². The van der Waals surface area contributed by atoms with E-state index in [0.717, 1.165) is 5.69 Å². The van der Waals surface area contributed by atoms with Gasteiger partial charge in [-0.05, 0) is 18.2 Å². The minimum absolute atomic E-state index is 0.110. The van der Waals surface area contributed by atoms with E-state index in [4.69, 9.17) is 4.84 Å². The molecule has 2 aromatic rings. The highest BCUT2D eigenvalue weighted by Gasteiger charge is 2.35. The Hall–Kier alpha value is -2.88. The summed E-state index contributed by atoms with van der Waals surface area (Å²) in [5.41, 5.74) is 1.31. The number of hydrogen-bond donors (Lipinski definition) is 0. The summed E-state index contributed by atoms with van der Waals surface area (Å²) in [7, 11) is 0. The van der Waals surface area contributed by atoms with Crippen molar-refractivity contribution in [3.05, 3.63) is 78.1 Å². The van der Waals surface area contributed by atoms with E-state index in [1.807, 2.05) is 48.5 Å². The van der Waals surface area contributed by atoms with Crippen molar-refractivity contribution >= 4 is 17.3 Å². The molecule has 4 nitrogen and oxygen atoms in total. The van der Waals surface area contributed by atoms with Crippen molar-refractivity contribution in [3.8, 4) is 0 Å². The Morgan fingerprint density at radius 2 is 1.55 bits per heavy atom. The summed E-state index contributed by atoms with van der Waals surface area (Å²) in [5.74, 6) is -0.122. The van der Waals surface area contributed by atoms with Crippen LogP contribution in [0.1, 0.15) is 17.3 Å². The number of para-hydroxylation sites is 1. The molecule has 4 heteroatoms. The Morgan fingerprint density at radius 1 is 0.955 bits per heavy atom. The van der Waals surface area contributed by atoms with E-state index in [1.165, 1.54) is 12.0 Å². The summed E-state index contributed by atoms with van der Waals surface area (Å²) in [6.45, 7) is 1.42. The maximum absolute atomic E-state index is 12.7. The van der Waals surface area contributed by atoms with Crippen LogP contribution >= 0.6 is 0 Å². The van der Waals surface area contributed by atoms with Gasteiger partial charge in [-0.2, -0.15) is 5.06 Å². The first-order valence-electron chi connectivity index (χ1n) is 7.01. The van der Waals surface area contributed by atoms with Crippen LogP contribution < -0.4 is 5.06 Å². The lowest BCUT2D eigenvalue weighted by atomic mass is 10.0. The van der Waals surface area contributed by atoms with Crippen molar-refractivity contribution in [2.45, 2.75) is 13.0 Å². The highest BCUT2D eigenvalue weighted by atomic mass is 16.7. The van der Waals surface area contributed by atoms with Crippen LogP contribution in [0.4, 0.5) is 5.69 Å². The fourth-order valence-corrected chi connectivity index (χ4v) is 2.33. The zero-order chi connectivity index (χ0) is 15.5. The number of nitrogens with zero attached hydrogens (tertiary/aromatic N) is 1. The Morgan fingerprint density at radius 3 is 2.14 bits per heavy atom. The molecular formula is C18H15NO3. The molecule has 0 spiro atoms. The van der Waals surface area contributed by atoms with E-state index >= 15 is 0 Å². The molecule has 0 saturated carbocycles. The second-order valence-electron chi connectivity index (χ2n) is 5.01. The lowest BCUT2D eigenvalue weighted by Crippen LogP contribution is -2.35. The molecule has 0 aliphatic carbocycles. The summed E-state index contributed by atoms with van der Waals surface area (Å²) in [5, 5.41) is 1.48. The molecule has 0 fully saturated rings. The third kappa shape index (κ3) is 2.63. The summed E-state index contributed by atoms with van der Waals surface area (Å²) in [4.78, 5) is 29.9. The second kappa shape index (κ2) is 5.85. The average molecular weight is 293 g/mol. The van der Waals surface area contributed by atoms with Crippen molar-refractivity contribution < 1.29 is 14.4 Å². The number of Topliss-reactive ketones (excluding diaryl/α,β-unsaturated/α-hetero) is 2. The number of ketones is 2. The molecule has 0 saturated heterocycles. The minimum Gasteiger partial charge on any atom is -0.375 e. The zero-order valence-corrected chi connectivity index (χ0v) is 12.1. The molecule has 1 aliphatic heterocycles. The van der Waals surface area contributed by atoms with Crippen molar-refractivity contribution in [2.24, 2.45) is 0 Å². The van der Waals surface area contributed by atoms with Crippen molar-refractivity contribution in [1.29, 1.82) is 0 Å². The maximum atomic E-state index is 12.7. The molecule has 1 aliphatic rings. The molecule has 3 rings (SSSR count). The van der Waals surface area contributed by atoms with E-state index < -0.39 is 6.04 Å². The molecule has 2 aromatic carbocycles. The smallest absolute Gasteiger partial charge is 0.197 e. The molecular weight excluding hydrogens is 278 g/mol. The van der Waals surface area contributed by atoms with Gasteiger partial charge in [0, 0.05) is 12.5 Å². The van der Waals surface area contributed by atoms with Crippen LogP contribution in [0.15, 0.2) is 72.5 Å². The first kappa shape index (κ1) is 14.1.